The lowest BCUT2D eigenvalue weighted by Gasteiger charge is -2.29. The molecule has 1 aliphatic heterocycles. The summed E-state index contributed by atoms with van der Waals surface area (Å²) >= 11 is 0. The van der Waals surface area contributed by atoms with Crippen molar-refractivity contribution in [2.75, 3.05) is 6.61 Å². The number of carbonyl (C=O) groups is 1. The molecule has 1 saturated carbocycles. The van der Waals surface area contributed by atoms with Crippen LogP contribution in [0, 0.1) is 11.6 Å². The number of ether oxygens (including phenoxy) is 3. The molecular weight excluding hydrogens is 366 g/mol. The fourth-order valence-electron chi connectivity index (χ4n) is 4.27. The molecule has 2 unspecified atom stereocenters. The van der Waals surface area contributed by atoms with Crippen LogP contribution < -0.4 is 4.74 Å². The number of esters is 1. The van der Waals surface area contributed by atoms with Crippen molar-refractivity contribution < 1.29 is 27.8 Å². The van der Waals surface area contributed by atoms with Crippen molar-refractivity contribution in [3.63, 3.8) is 0 Å². The molecule has 0 N–H and O–H groups in total. The van der Waals surface area contributed by atoms with Gasteiger partial charge in [0.2, 0.25) is 5.82 Å². The van der Waals surface area contributed by atoms with Gasteiger partial charge in [-0.05, 0) is 69.4 Å². The van der Waals surface area contributed by atoms with Crippen LogP contribution in [0.3, 0.4) is 0 Å². The molecule has 1 heterocycles. The van der Waals surface area contributed by atoms with Crippen LogP contribution in [-0.2, 0) is 14.3 Å². The lowest BCUT2D eigenvalue weighted by molar-refractivity contribution is -0.163. The van der Waals surface area contributed by atoms with Gasteiger partial charge in [-0.3, -0.25) is 0 Å². The Balaban J connectivity index is 1.51. The molecule has 2 atom stereocenters. The zero-order valence-electron chi connectivity index (χ0n) is 16.7. The molecule has 0 aromatic heterocycles. The summed E-state index contributed by atoms with van der Waals surface area (Å²) in [4.78, 5) is 12.3. The van der Waals surface area contributed by atoms with Gasteiger partial charge in [-0.15, -0.1) is 0 Å². The number of hydrogen-bond donors (Lipinski definition) is 0. The van der Waals surface area contributed by atoms with Crippen molar-refractivity contribution in [2.45, 2.75) is 89.4 Å². The summed E-state index contributed by atoms with van der Waals surface area (Å²) in [6.07, 6.45) is 5.79. The molecule has 0 amide bonds. The summed E-state index contributed by atoms with van der Waals surface area (Å²) < 4.78 is 45.1. The highest BCUT2D eigenvalue weighted by Crippen LogP contribution is 2.38. The predicted octanol–water partition coefficient (Wildman–Crippen LogP) is 5.28. The molecule has 6 heteroatoms. The maximum absolute atomic E-state index is 14.4. The van der Waals surface area contributed by atoms with Gasteiger partial charge >= 0.3 is 5.97 Å². The predicted molar refractivity (Wildman–Crippen MR) is 101 cm³/mol. The van der Waals surface area contributed by atoms with Gasteiger partial charge in [-0.25, -0.2) is 9.18 Å². The van der Waals surface area contributed by atoms with E-state index in [9.17, 15) is 13.6 Å². The van der Waals surface area contributed by atoms with Crippen molar-refractivity contribution in [1.82, 2.24) is 0 Å². The minimum absolute atomic E-state index is 0.0516. The van der Waals surface area contributed by atoms with Crippen LogP contribution in [0.5, 0.6) is 5.75 Å². The second-order valence-electron chi connectivity index (χ2n) is 7.74. The van der Waals surface area contributed by atoms with Crippen molar-refractivity contribution in [2.24, 2.45) is 0 Å². The van der Waals surface area contributed by atoms with Gasteiger partial charge in [0.15, 0.2) is 17.7 Å². The molecule has 2 fully saturated rings. The Kier molecular flexibility index (Phi) is 7.27. The molecule has 1 saturated heterocycles. The summed E-state index contributed by atoms with van der Waals surface area (Å²) in [6, 6.07) is 3.11. The maximum Gasteiger partial charge on any atom is 0.335 e. The van der Waals surface area contributed by atoms with Crippen molar-refractivity contribution in [3.8, 4) is 5.75 Å². The highest BCUT2D eigenvalue weighted by molar-refractivity contribution is 5.75. The average Bonchev–Trinajstić information content (AvgIpc) is 3.16. The number of halogens is 2. The molecule has 28 heavy (non-hydrogen) atoms. The van der Waals surface area contributed by atoms with Crippen LogP contribution in [0.15, 0.2) is 12.1 Å². The van der Waals surface area contributed by atoms with Crippen LogP contribution in [0.25, 0.3) is 0 Å². The van der Waals surface area contributed by atoms with E-state index in [4.69, 9.17) is 14.2 Å². The fourth-order valence-corrected chi connectivity index (χ4v) is 4.27. The first-order valence-electron chi connectivity index (χ1n) is 10.5. The van der Waals surface area contributed by atoms with E-state index in [1.54, 1.807) is 13.0 Å². The first-order valence-corrected chi connectivity index (χ1v) is 10.5. The Hall–Kier alpha value is -1.69. The first-order chi connectivity index (χ1) is 13.5. The normalized spacial score (nSPS) is 27.6. The molecule has 156 valence electrons. The summed E-state index contributed by atoms with van der Waals surface area (Å²) in [5, 5.41) is 0. The Bertz CT molecular complexity index is 671. The molecule has 2 aliphatic rings. The lowest BCUT2D eigenvalue weighted by Crippen LogP contribution is -2.30. The summed E-state index contributed by atoms with van der Waals surface area (Å²) in [7, 11) is 0. The minimum Gasteiger partial charge on any atom is -0.491 e. The Morgan fingerprint density at radius 3 is 2.50 bits per heavy atom. The number of rotatable bonds is 7. The molecular formula is C22H30F2O4. The summed E-state index contributed by atoms with van der Waals surface area (Å²) in [6.45, 7) is 4.12. The van der Waals surface area contributed by atoms with E-state index in [2.05, 4.69) is 6.92 Å². The van der Waals surface area contributed by atoms with Crippen molar-refractivity contribution in [1.29, 1.82) is 0 Å². The van der Waals surface area contributed by atoms with E-state index in [0.717, 1.165) is 25.7 Å². The Morgan fingerprint density at radius 1 is 1.07 bits per heavy atom. The summed E-state index contributed by atoms with van der Waals surface area (Å²) in [5.74, 6) is -2.15. The third-order valence-corrected chi connectivity index (χ3v) is 5.75. The smallest absolute Gasteiger partial charge is 0.335 e. The largest absolute Gasteiger partial charge is 0.491 e. The van der Waals surface area contributed by atoms with Crippen LogP contribution in [0.2, 0.25) is 0 Å². The number of carbonyl (C=O) groups excluding carboxylic acids is 1. The summed E-state index contributed by atoms with van der Waals surface area (Å²) in [5.41, 5.74) is 0.382. The molecule has 0 bridgehead atoms. The average molecular weight is 396 g/mol. The van der Waals surface area contributed by atoms with E-state index in [1.807, 2.05) is 0 Å². The third kappa shape index (κ3) is 4.83. The monoisotopic (exact) mass is 396 g/mol. The quantitative estimate of drug-likeness (QED) is 0.588. The molecule has 1 aromatic carbocycles. The molecule has 4 nitrogen and oxygen atoms in total. The highest BCUT2D eigenvalue weighted by atomic mass is 19.2. The fraction of sp³-hybridized carbons (Fsp3) is 0.682. The van der Waals surface area contributed by atoms with Gasteiger partial charge in [0, 0.05) is 0 Å². The van der Waals surface area contributed by atoms with Gasteiger partial charge in [-0.1, -0.05) is 19.4 Å². The van der Waals surface area contributed by atoms with E-state index in [1.165, 1.54) is 6.07 Å². The van der Waals surface area contributed by atoms with Crippen molar-refractivity contribution in [3.05, 3.63) is 29.3 Å². The van der Waals surface area contributed by atoms with Gasteiger partial charge < -0.3 is 14.2 Å². The van der Waals surface area contributed by atoms with E-state index >= 15 is 0 Å². The Labute approximate surface area is 165 Å². The van der Waals surface area contributed by atoms with Gasteiger partial charge in [0.1, 0.15) is 6.10 Å². The van der Waals surface area contributed by atoms with Gasteiger partial charge in [-0.2, -0.15) is 4.39 Å². The highest BCUT2D eigenvalue weighted by Gasteiger charge is 2.34. The van der Waals surface area contributed by atoms with Crippen LogP contribution in [-0.4, -0.2) is 30.9 Å². The van der Waals surface area contributed by atoms with Gasteiger partial charge in [0.25, 0.3) is 0 Å². The van der Waals surface area contributed by atoms with Crippen LogP contribution in [0.1, 0.15) is 76.7 Å². The lowest BCUT2D eigenvalue weighted by atomic mass is 9.82. The second-order valence-corrected chi connectivity index (χ2v) is 7.74. The number of hydrogen-bond acceptors (Lipinski definition) is 4. The molecule has 0 spiro atoms. The Morgan fingerprint density at radius 2 is 1.82 bits per heavy atom. The molecule has 3 rings (SSSR count). The zero-order chi connectivity index (χ0) is 20.1. The second kappa shape index (κ2) is 9.68. The first kappa shape index (κ1) is 21.0. The standard InChI is InChI=1S/C22H30F2O4/c1-3-5-15-10-12-19(27-15)22(25)28-16-8-6-14(7-9-16)17-11-13-18(26-4-2)21(24)20(17)23/h11,13-16,19H,3-10,12H2,1-2H3. The van der Waals surface area contributed by atoms with E-state index in [0.29, 0.717) is 31.2 Å². The SMILES string of the molecule is CCCC1CCC(C(=O)OC2CCC(c3ccc(OCC)c(F)c3F)CC2)O1. The van der Waals surface area contributed by atoms with Crippen molar-refractivity contribution >= 4 is 5.97 Å². The number of benzene rings is 1. The molecule has 0 radical (unpaired) electrons. The third-order valence-electron chi connectivity index (χ3n) is 5.75. The maximum atomic E-state index is 14.4. The topological polar surface area (TPSA) is 44.8 Å². The minimum atomic E-state index is -0.923. The van der Waals surface area contributed by atoms with Gasteiger partial charge in [0.05, 0.1) is 12.7 Å². The zero-order valence-corrected chi connectivity index (χ0v) is 16.7. The van der Waals surface area contributed by atoms with Crippen LogP contribution in [0.4, 0.5) is 8.78 Å². The van der Waals surface area contributed by atoms with E-state index < -0.39 is 17.7 Å². The van der Waals surface area contributed by atoms with Crippen LogP contribution >= 0.6 is 0 Å². The molecule has 1 aliphatic carbocycles. The van der Waals surface area contributed by atoms with E-state index in [-0.39, 0.29) is 36.5 Å². The molecule has 1 aromatic rings.